The first-order chi connectivity index (χ1) is 14.2. The molecule has 0 radical (unpaired) electrons. The van der Waals surface area contributed by atoms with Gasteiger partial charge in [-0.1, -0.05) is 12.1 Å². The summed E-state index contributed by atoms with van der Waals surface area (Å²) in [6, 6.07) is 8.73. The molecule has 30 heavy (non-hydrogen) atoms. The number of pyridine rings is 1. The lowest BCUT2D eigenvalue weighted by Crippen LogP contribution is -2.49. The van der Waals surface area contributed by atoms with Crippen LogP contribution in [0.4, 0.5) is 9.18 Å². The van der Waals surface area contributed by atoms with Crippen LogP contribution in [0.25, 0.3) is 11.0 Å². The Morgan fingerprint density at radius 3 is 2.60 bits per heavy atom. The Balaban J connectivity index is 1.69. The third-order valence-electron chi connectivity index (χ3n) is 4.28. The molecule has 0 unspecified atom stereocenters. The number of alkyl carbamates (subject to hydrolysis) is 1. The minimum atomic E-state index is -0.880. The summed E-state index contributed by atoms with van der Waals surface area (Å²) >= 11 is 0. The summed E-state index contributed by atoms with van der Waals surface area (Å²) in [7, 11) is 0. The molecule has 0 fully saturated rings. The van der Waals surface area contributed by atoms with Crippen molar-refractivity contribution in [1.82, 2.24) is 20.6 Å². The van der Waals surface area contributed by atoms with Crippen molar-refractivity contribution in [1.29, 1.82) is 0 Å². The summed E-state index contributed by atoms with van der Waals surface area (Å²) in [5.41, 5.74) is 1.61. The van der Waals surface area contributed by atoms with Gasteiger partial charge in [0.1, 0.15) is 23.1 Å². The molecule has 0 aliphatic carbocycles. The van der Waals surface area contributed by atoms with Crippen LogP contribution in [0.1, 0.15) is 31.9 Å². The lowest BCUT2D eigenvalue weighted by Gasteiger charge is -2.23. The lowest BCUT2D eigenvalue weighted by molar-refractivity contribution is -0.123. The summed E-state index contributed by atoms with van der Waals surface area (Å²) in [6.07, 6.45) is 2.97. The van der Waals surface area contributed by atoms with Gasteiger partial charge in [0.2, 0.25) is 5.91 Å². The van der Waals surface area contributed by atoms with E-state index in [1.165, 1.54) is 12.1 Å². The average molecular weight is 412 g/mol. The number of rotatable bonds is 6. The average Bonchev–Trinajstić information content (AvgIpc) is 3.13. The fourth-order valence-corrected chi connectivity index (χ4v) is 2.91. The zero-order valence-electron chi connectivity index (χ0n) is 17.2. The number of hydrogen-bond acceptors (Lipinski definition) is 4. The van der Waals surface area contributed by atoms with Gasteiger partial charge in [-0.2, -0.15) is 0 Å². The molecule has 3 N–H and O–H groups in total. The van der Waals surface area contributed by atoms with E-state index in [9.17, 15) is 14.0 Å². The van der Waals surface area contributed by atoms with Crippen LogP contribution >= 0.6 is 0 Å². The standard InChI is InChI=1S/C22H25FN4O3/c1-22(2,3)30-21(29)27-18(11-14-4-6-17(23)7-5-14)20(28)26-13-15-10-16-8-9-24-19(16)25-12-15/h4-10,12,18H,11,13H2,1-3H3,(H,24,25)(H,26,28)(H,27,29)/t18-/m0/s1. The van der Waals surface area contributed by atoms with Crippen molar-refractivity contribution in [2.24, 2.45) is 0 Å². The Morgan fingerprint density at radius 1 is 1.17 bits per heavy atom. The third-order valence-corrected chi connectivity index (χ3v) is 4.28. The van der Waals surface area contributed by atoms with Gasteiger partial charge in [-0.25, -0.2) is 14.2 Å². The number of carbonyl (C=O) groups excluding carboxylic acids is 2. The molecule has 1 atom stereocenters. The van der Waals surface area contributed by atoms with Crippen molar-refractivity contribution in [3.63, 3.8) is 0 Å². The number of fused-ring (bicyclic) bond motifs is 1. The Bertz CT molecular complexity index is 1020. The van der Waals surface area contributed by atoms with E-state index in [2.05, 4.69) is 20.6 Å². The van der Waals surface area contributed by atoms with Crippen LogP contribution in [-0.4, -0.2) is 33.6 Å². The van der Waals surface area contributed by atoms with Gasteiger partial charge in [0, 0.05) is 30.7 Å². The van der Waals surface area contributed by atoms with Gasteiger partial charge in [-0.15, -0.1) is 0 Å². The Hall–Kier alpha value is -3.42. The molecule has 2 heterocycles. The molecule has 1 aromatic carbocycles. The van der Waals surface area contributed by atoms with Gasteiger partial charge in [0.25, 0.3) is 0 Å². The fourth-order valence-electron chi connectivity index (χ4n) is 2.91. The number of nitrogens with zero attached hydrogens (tertiary/aromatic N) is 1. The zero-order valence-corrected chi connectivity index (χ0v) is 17.2. The molecule has 0 aliphatic heterocycles. The van der Waals surface area contributed by atoms with E-state index in [4.69, 9.17) is 4.74 Å². The van der Waals surface area contributed by atoms with Gasteiger partial charge >= 0.3 is 6.09 Å². The van der Waals surface area contributed by atoms with Crippen molar-refractivity contribution in [2.75, 3.05) is 0 Å². The predicted octanol–water partition coefficient (Wildman–Crippen LogP) is 3.45. The number of ether oxygens (including phenoxy) is 1. The van der Waals surface area contributed by atoms with E-state index < -0.39 is 17.7 Å². The highest BCUT2D eigenvalue weighted by molar-refractivity contribution is 5.86. The van der Waals surface area contributed by atoms with Crippen molar-refractivity contribution in [2.45, 2.75) is 45.4 Å². The van der Waals surface area contributed by atoms with Crippen LogP contribution in [0.15, 0.2) is 48.8 Å². The lowest BCUT2D eigenvalue weighted by atomic mass is 10.1. The van der Waals surface area contributed by atoms with Crippen LogP contribution in [0.3, 0.4) is 0 Å². The maximum atomic E-state index is 13.2. The molecule has 8 heteroatoms. The van der Waals surface area contributed by atoms with E-state index in [0.29, 0.717) is 5.56 Å². The Kier molecular flexibility index (Phi) is 6.34. The molecule has 2 amide bonds. The van der Waals surface area contributed by atoms with Crippen molar-refractivity contribution >= 4 is 23.0 Å². The Morgan fingerprint density at radius 2 is 1.90 bits per heavy atom. The molecule has 3 rings (SSSR count). The monoisotopic (exact) mass is 412 g/mol. The zero-order chi connectivity index (χ0) is 21.7. The Labute approximate surface area is 174 Å². The van der Waals surface area contributed by atoms with E-state index >= 15 is 0 Å². The van der Waals surface area contributed by atoms with Gasteiger partial charge in [0.05, 0.1) is 0 Å². The first kappa shape index (κ1) is 21.3. The predicted molar refractivity (Wildman–Crippen MR) is 111 cm³/mol. The minimum Gasteiger partial charge on any atom is -0.444 e. The highest BCUT2D eigenvalue weighted by Crippen LogP contribution is 2.12. The molecule has 7 nitrogen and oxygen atoms in total. The molecule has 0 spiro atoms. The summed E-state index contributed by atoms with van der Waals surface area (Å²) in [6.45, 7) is 5.48. The normalized spacial score (nSPS) is 12.4. The van der Waals surface area contributed by atoms with Crippen LogP contribution in [0.5, 0.6) is 0 Å². The first-order valence-corrected chi connectivity index (χ1v) is 9.63. The van der Waals surface area contributed by atoms with Crippen LogP contribution < -0.4 is 10.6 Å². The summed E-state index contributed by atoms with van der Waals surface area (Å²) in [5.74, 6) is -0.744. The number of H-pyrrole nitrogens is 1. The van der Waals surface area contributed by atoms with Crippen molar-refractivity contribution in [3.8, 4) is 0 Å². The second-order valence-electron chi connectivity index (χ2n) is 8.01. The summed E-state index contributed by atoms with van der Waals surface area (Å²) < 4.78 is 18.5. The van der Waals surface area contributed by atoms with Gasteiger partial charge in [-0.3, -0.25) is 4.79 Å². The second-order valence-corrected chi connectivity index (χ2v) is 8.01. The molecule has 0 aliphatic rings. The van der Waals surface area contributed by atoms with Gasteiger partial charge in [0.15, 0.2) is 0 Å². The number of aromatic amines is 1. The summed E-state index contributed by atoms with van der Waals surface area (Å²) in [5, 5.41) is 6.37. The number of hydrogen-bond donors (Lipinski definition) is 3. The molecule has 0 saturated heterocycles. The molecule has 3 aromatic rings. The summed E-state index contributed by atoms with van der Waals surface area (Å²) in [4.78, 5) is 32.4. The number of amides is 2. The topological polar surface area (TPSA) is 96.1 Å². The first-order valence-electron chi connectivity index (χ1n) is 9.63. The van der Waals surface area contributed by atoms with E-state index in [1.54, 1.807) is 45.3 Å². The van der Waals surface area contributed by atoms with Crippen molar-refractivity contribution in [3.05, 3.63) is 65.7 Å². The second kappa shape index (κ2) is 8.94. The number of aromatic nitrogens is 2. The molecule has 0 bridgehead atoms. The number of halogens is 1. The highest BCUT2D eigenvalue weighted by atomic mass is 19.1. The van der Waals surface area contributed by atoms with E-state index in [-0.39, 0.29) is 24.7 Å². The number of benzene rings is 1. The maximum absolute atomic E-state index is 13.2. The fraction of sp³-hybridized carbons (Fsp3) is 0.318. The molecular weight excluding hydrogens is 387 g/mol. The smallest absolute Gasteiger partial charge is 0.408 e. The van der Waals surface area contributed by atoms with Crippen LogP contribution in [0, 0.1) is 5.82 Å². The number of nitrogens with one attached hydrogen (secondary N) is 3. The third kappa shape index (κ3) is 6.04. The van der Waals surface area contributed by atoms with Gasteiger partial charge in [-0.05, 0) is 56.2 Å². The SMILES string of the molecule is CC(C)(C)OC(=O)N[C@@H](Cc1ccc(F)cc1)C(=O)NCc1cnc2[nH]ccc2c1. The number of carbonyl (C=O) groups is 2. The van der Waals surface area contributed by atoms with Gasteiger partial charge < -0.3 is 20.4 Å². The molecular formula is C22H25FN4O3. The van der Waals surface area contributed by atoms with E-state index in [0.717, 1.165) is 16.6 Å². The quantitative estimate of drug-likeness (QED) is 0.578. The molecule has 2 aromatic heterocycles. The minimum absolute atomic E-state index is 0.195. The maximum Gasteiger partial charge on any atom is 0.408 e. The van der Waals surface area contributed by atoms with E-state index in [1.807, 2.05) is 12.1 Å². The van der Waals surface area contributed by atoms with Crippen molar-refractivity contribution < 1.29 is 18.7 Å². The van der Waals surface area contributed by atoms with Crippen LogP contribution in [-0.2, 0) is 22.5 Å². The van der Waals surface area contributed by atoms with Crippen LogP contribution in [0.2, 0.25) is 0 Å². The largest absolute Gasteiger partial charge is 0.444 e. The molecule has 0 saturated carbocycles. The highest BCUT2D eigenvalue weighted by Gasteiger charge is 2.24. The molecule has 158 valence electrons.